The summed E-state index contributed by atoms with van der Waals surface area (Å²) in [6.45, 7) is 9.50. The molecule has 1 aromatic rings. The molecule has 0 fully saturated rings. The summed E-state index contributed by atoms with van der Waals surface area (Å²) in [5, 5.41) is 3.34. The molecule has 0 aliphatic carbocycles. The number of rotatable bonds is 8. The van der Waals surface area contributed by atoms with Crippen LogP contribution in [0.3, 0.4) is 0 Å². The lowest BCUT2D eigenvalue weighted by atomic mass is 10.1. The van der Waals surface area contributed by atoms with Crippen molar-refractivity contribution in [2.24, 2.45) is 0 Å². The Balaban J connectivity index is 2.58. The number of nitrogens with zero attached hydrogens (tertiary/aromatic N) is 1. The van der Waals surface area contributed by atoms with Crippen molar-refractivity contribution >= 4 is 5.91 Å². The highest BCUT2D eigenvalue weighted by Gasteiger charge is 2.18. The van der Waals surface area contributed by atoms with Crippen molar-refractivity contribution in [3.8, 4) is 5.75 Å². The summed E-state index contributed by atoms with van der Waals surface area (Å²) in [6, 6.07) is 7.98. The fourth-order valence-corrected chi connectivity index (χ4v) is 2.10. The monoisotopic (exact) mass is 292 g/mol. The summed E-state index contributed by atoms with van der Waals surface area (Å²) in [5.74, 6) is 1.01. The van der Waals surface area contributed by atoms with Crippen LogP contribution in [-0.4, -0.2) is 37.0 Å². The van der Waals surface area contributed by atoms with Crippen LogP contribution in [0.25, 0.3) is 0 Å². The van der Waals surface area contributed by atoms with Crippen LogP contribution < -0.4 is 10.1 Å². The first-order valence-corrected chi connectivity index (χ1v) is 7.73. The number of hydrogen-bond acceptors (Lipinski definition) is 3. The van der Waals surface area contributed by atoms with E-state index in [0.29, 0.717) is 0 Å². The Bertz CT molecular complexity index is 431. The largest absolute Gasteiger partial charge is 0.494 e. The lowest BCUT2D eigenvalue weighted by Crippen LogP contribution is -2.43. The summed E-state index contributed by atoms with van der Waals surface area (Å²) in [7, 11) is 1.82. The fourth-order valence-electron chi connectivity index (χ4n) is 2.10. The van der Waals surface area contributed by atoms with Gasteiger partial charge in [-0.25, -0.2) is 0 Å². The predicted octanol–water partition coefficient (Wildman–Crippen LogP) is 2.99. The summed E-state index contributed by atoms with van der Waals surface area (Å²) < 4.78 is 5.57. The quantitative estimate of drug-likeness (QED) is 0.801. The summed E-state index contributed by atoms with van der Waals surface area (Å²) in [4.78, 5) is 13.8. The molecule has 1 N–H and O–H groups in total. The Morgan fingerprint density at radius 3 is 2.38 bits per heavy atom. The second kappa shape index (κ2) is 8.67. The standard InChI is InChI=1S/C17H28N2O2/c1-6-12-21-16-10-8-15(9-11-16)13(3)18-14(4)17(20)19(5)7-2/h8-11,13-14,18H,6-7,12H2,1-5H3. The van der Waals surface area contributed by atoms with E-state index in [-0.39, 0.29) is 18.0 Å². The van der Waals surface area contributed by atoms with Crippen molar-refractivity contribution in [1.29, 1.82) is 0 Å². The number of amides is 1. The van der Waals surface area contributed by atoms with Crippen LogP contribution in [0.15, 0.2) is 24.3 Å². The molecule has 21 heavy (non-hydrogen) atoms. The number of ether oxygens (including phenoxy) is 1. The highest BCUT2D eigenvalue weighted by molar-refractivity contribution is 5.81. The van der Waals surface area contributed by atoms with Gasteiger partial charge in [0.2, 0.25) is 5.91 Å². The number of nitrogens with one attached hydrogen (secondary N) is 1. The maximum atomic E-state index is 12.1. The van der Waals surface area contributed by atoms with E-state index in [1.54, 1.807) is 4.90 Å². The van der Waals surface area contributed by atoms with Crippen LogP contribution in [0.1, 0.15) is 45.7 Å². The average molecular weight is 292 g/mol. The molecule has 1 amide bonds. The van der Waals surface area contributed by atoms with Gasteiger partial charge in [0.25, 0.3) is 0 Å². The molecule has 0 spiro atoms. The first-order valence-electron chi connectivity index (χ1n) is 7.73. The van der Waals surface area contributed by atoms with E-state index in [2.05, 4.69) is 19.2 Å². The molecule has 0 aromatic heterocycles. The van der Waals surface area contributed by atoms with Crippen LogP contribution >= 0.6 is 0 Å². The molecule has 1 rings (SSSR count). The van der Waals surface area contributed by atoms with Crippen LogP contribution in [-0.2, 0) is 4.79 Å². The van der Waals surface area contributed by atoms with E-state index in [0.717, 1.165) is 30.9 Å². The van der Waals surface area contributed by atoms with Gasteiger partial charge < -0.3 is 9.64 Å². The van der Waals surface area contributed by atoms with Gasteiger partial charge in [0.05, 0.1) is 12.6 Å². The second-order valence-electron chi connectivity index (χ2n) is 5.38. The maximum absolute atomic E-state index is 12.1. The maximum Gasteiger partial charge on any atom is 0.239 e. The minimum absolute atomic E-state index is 0.118. The van der Waals surface area contributed by atoms with Crippen molar-refractivity contribution in [3.63, 3.8) is 0 Å². The molecule has 1 aromatic carbocycles. The number of carbonyl (C=O) groups is 1. The van der Waals surface area contributed by atoms with Crippen molar-refractivity contribution in [2.75, 3.05) is 20.2 Å². The molecular formula is C17H28N2O2. The highest BCUT2D eigenvalue weighted by Crippen LogP contribution is 2.18. The second-order valence-corrected chi connectivity index (χ2v) is 5.38. The Morgan fingerprint density at radius 1 is 1.24 bits per heavy atom. The van der Waals surface area contributed by atoms with Gasteiger partial charge in [0.1, 0.15) is 5.75 Å². The van der Waals surface area contributed by atoms with E-state index in [4.69, 9.17) is 4.74 Å². The molecule has 4 heteroatoms. The molecule has 0 heterocycles. The van der Waals surface area contributed by atoms with Crippen LogP contribution in [0, 0.1) is 0 Å². The summed E-state index contributed by atoms with van der Waals surface area (Å²) >= 11 is 0. The molecule has 4 nitrogen and oxygen atoms in total. The van der Waals surface area contributed by atoms with Gasteiger partial charge in [-0.2, -0.15) is 0 Å². The van der Waals surface area contributed by atoms with E-state index in [1.165, 1.54) is 0 Å². The van der Waals surface area contributed by atoms with Gasteiger partial charge in [0.15, 0.2) is 0 Å². The zero-order chi connectivity index (χ0) is 15.8. The SMILES string of the molecule is CCCOc1ccc(C(C)NC(C)C(=O)N(C)CC)cc1. The predicted molar refractivity (Wildman–Crippen MR) is 86.6 cm³/mol. The first kappa shape index (κ1) is 17.5. The number of carbonyl (C=O) groups excluding carboxylic acids is 1. The topological polar surface area (TPSA) is 41.6 Å². The molecule has 2 unspecified atom stereocenters. The number of likely N-dealkylation sites (N-methyl/N-ethyl adjacent to an activating group) is 1. The van der Waals surface area contributed by atoms with Crippen molar-refractivity contribution in [3.05, 3.63) is 29.8 Å². The van der Waals surface area contributed by atoms with Crippen molar-refractivity contribution < 1.29 is 9.53 Å². The van der Waals surface area contributed by atoms with Crippen LogP contribution in [0.4, 0.5) is 0 Å². The summed E-state index contributed by atoms with van der Waals surface area (Å²) in [5.41, 5.74) is 1.15. The van der Waals surface area contributed by atoms with Crippen LogP contribution in [0.5, 0.6) is 5.75 Å². The lowest BCUT2D eigenvalue weighted by molar-refractivity contribution is -0.131. The van der Waals surface area contributed by atoms with Gasteiger partial charge >= 0.3 is 0 Å². The Morgan fingerprint density at radius 2 is 1.86 bits per heavy atom. The third-order valence-electron chi connectivity index (χ3n) is 3.57. The zero-order valence-corrected chi connectivity index (χ0v) is 13.8. The molecule has 0 aliphatic rings. The smallest absolute Gasteiger partial charge is 0.239 e. The molecule has 0 radical (unpaired) electrons. The van der Waals surface area contributed by atoms with Gasteiger partial charge in [0, 0.05) is 19.6 Å². The van der Waals surface area contributed by atoms with Crippen molar-refractivity contribution in [2.45, 2.75) is 46.2 Å². The highest BCUT2D eigenvalue weighted by atomic mass is 16.5. The molecule has 0 bridgehead atoms. The van der Waals surface area contributed by atoms with E-state index >= 15 is 0 Å². The Kier molecular flexibility index (Phi) is 7.23. The third kappa shape index (κ3) is 5.38. The minimum Gasteiger partial charge on any atom is -0.494 e. The average Bonchev–Trinajstić information content (AvgIpc) is 2.51. The lowest BCUT2D eigenvalue weighted by Gasteiger charge is -2.24. The first-order chi connectivity index (χ1) is 9.99. The fraction of sp³-hybridized carbons (Fsp3) is 0.588. The Hall–Kier alpha value is -1.55. The van der Waals surface area contributed by atoms with Crippen molar-refractivity contribution in [1.82, 2.24) is 10.2 Å². The minimum atomic E-state index is -0.194. The molecule has 0 saturated heterocycles. The molecule has 0 saturated carbocycles. The third-order valence-corrected chi connectivity index (χ3v) is 3.57. The van der Waals surface area contributed by atoms with E-state index in [9.17, 15) is 4.79 Å². The number of hydrogen-bond donors (Lipinski definition) is 1. The molecule has 2 atom stereocenters. The van der Waals surface area contributed by atoms with E-state index in [1.807, 2.05) is 45.2 Å². The van der Waals surface area contributed by atoms with Gasteiger partial charge in [-0.05, 0) is 44.9 Å². The van der Waals surface area contributed by atoms with E-state index < -0.39 is 0 Å². The molecule has 0 aliphatic heterocycles. The molecule has 118 valence electrons. The number of benzene rings is 1. The normalized spacial score (nSPS) is 13.6. The Labute approximate surface area is 128 Å². The van der Waals surface area contributed by atoms with Gasteiger partial charge in [-0.3, -0.25) is 10.1 Å². The van der Waals surface area contributed by atoms with Gasteiger partial charge in [-0.15, -0.1) is 0 Å². The zero-order valence-electron chi connectivity index (χ0n) is 13.8. The molecular weight excluding hydrogens is 264 g/mol. The summed E-state index contributed by atoms with van der Waals surface area (Å²) in [6.07, 6.45) is 1.00. The van der Waals surface area contributed by atoms with Crippen LogP contribution in [0.2, 0.25) is 0 Å². The van der Waals surface area contributed by atoms with Gasteiger partial charge in [-0.1, -0.05) is 19.1 Å².